The topological polar surface area (TPSA) is 40.5 Å². The number of hydrogen-bond acceptors (Lipinski definition) is 3. The summed E-state index contributed by atoms with van der Waals surface area (Å²) in [4.78, 5) is 11.5. The number of ether oxygens (including phenoxy) is 2. The number of hydrogen-bond donors (Lipinski definition) is 0. The molecule has 5 aromatic rings. The van der Waals surface area contributed by atoms with E-state index in [2.05, 4.69) is 41.0 Å². The van der Waals surface area contributed by atoms with Gasteiger partial charge in [0.1, 0.15) is 18.1 Å². The summed E-state index contributed by atoms with van der Waals surface area (Å²) < 4.78 is 13.6. The average molecular weight is 421 g/mol. The molecule has 0 bridgehead atoms. The Hall–Kier alpha value is -4.05. The van der Waals surface area contributed by atoms with Gasteiger partial charge in [-0.15, -0.1) is 0 Å². The van der Waals surface area contributed by atoms with Gasteiger partial charge < -0.3 is 14.0 Å². The second kappa shape index (κ2) is 8.60. The maximum Gasteiger partial charge on any atom is 0.308 e. The van der Waals surface area contributed by atoms with Crippen LogP contribution in [0.5, 0.6) is 11.5 Å². The number of carbonyl (C=O) groups is 1. The molecule has 4 heteroatoms. The number of aromatic nitrogens is 1. The predicted molar refractivity (Wildman–Crippen MR) is 127 cm³/mol. The third kappa shape index (κ3) is 4.08. The highest BCUT2D eigenvalue weighted by Crippen LogP contribution is 2.32. The first-order valence-corrected chi connectivity index (χ1v) is 10.6. The van der Waals surface area contributed by atoms with Gasteiger partial charge in [0.15, 0.2) is 0 Å². The molecule has 0 radical (unpaired) electrons. The molecule has 0 aliphatic heterocycles. The first-order valence-electron chi connectivity index (χ1n) is 10.6. The van der Waals surface area contributed by atoms with Crippen LogP contribution in [0.2, 0.25) is 0 Å². The quantitative estimate of drug-likeness (QED) is 0.237. The Kier molecular flexibility index (Phi) is 5.34. The van der Waals surface area contributed by atoms with Crippen molar-refractivity contribution in [3.63, 3.8) is 0 Å². The largest absolute Gasteiger partial charge is 0.489 e. The van der Waals surface area contributed by atoms with Crippen molar-refractivity contribution in [3.05, 3.63) is 108 Å². The molecule has 0 saturated carbocycles. The van der Waals surface area contributed by atoms with Crippen molar-refractivity contribution in [3.8, 4) is 11.5 Å². The van der Waals surface area contributed by atoms with E-state index in [0.717, 1.165) is 33.3 Å². The van der Waals surface area contributed by atoms with Gasteiger partial charge in [0.05, 0.1) is 5.52 Å². The summed E-state index contributed by atoms with van der Waals surface area (Å²) in [5.41, 5.74) is 4.44. The highest BCUT2D eigenvalue weighted by molar-refractivity contribution is 6.08. The monoisotopic (exact) mass is 421 g/mol. The maximum atomic E-state index is 11.5. The zero-order valence-corrected chi connectivity index (χ0v) is 17.8. The van der Waals surface area contributed by atoms with E-state index in [1.807, 2.05) is 60.7 Å². The first-order chi connectivity index (χ1) is 15.7. The summed E-state index contributed by atoms with van der Waals surface area (Å²) in [7, 11) is 0. The third-order valence-electron chi connectivity index (χ3n) is 5.49. The minimum atomic E-state index is -0.324. The minimum absolute atomic E-state index is 0.324. The molecule has 0 spiro atoms. The van der Waals surface area contributed by atoms with Crippen LogP contribution in [-0.4, -0.2) is 10.5 Å². The van der Waals surface area contributed by atoms with Gasteiger partial charge in [0.25, 0.3) is 0 Å². The lowest BCUT2D eigenvalue weighted by molar-refractivity contribution is -0.131. The molecule has 0 aliphatic carbocycles. The van der Waals surface area contributed by atoms with Crippen molar-refractivity contribution in [2.75, 3.05) is 0 Å². The van der Waals surface area contributed by atoms with E-state index in [9.17, 15) is 4.79 Å². The zero-order chi connectivity index (χ0) is 21.9. The summed E-state index contributed by atoms with van der Waals surface area (Å²) in [5, 5.41) is 2.31. The van der Waals surface area contributed by atoms with Crippen molar-refractivity contribution in [1.29, 1.82) is 0 Å². The molecular formula is C28H23NO3. The second-order valence-corrected chi connectivity index (χ2v) is 7.80. The highest BCUT2D eigenvalue weighted by Gasteiger charge is 2.13. The molecular weight excluding hydrogens is 398 g/mol. The number of rotatable bonds is 6. The van der Waals surface area contributed by atoms with Gasteiger partial charge >= 0.3 is 5.97 Å². The lowest BCUT2D eigenvalue weighted by atomic mass is 10.1. The lowest BCUT2D eigenvalue weighted by Gasteiger charge is -2.11. The number of benzene rings is 4. The smallest absolute Gasteiger partial charge is 0.308 e. The van der Waals surface area contributed by atoms with Crippen LogP contribution < -0.4 is 9.47 Å². The molecule has 0 atom stereocenters. The van der Waals surface area contributed by atoms with E-state index in [1.54, 1.807) is 0 Å². The van der Waals surface area contributed by atoms with E-state index in [4.69, 9.17) is 9.47 Å². The van der Waals surface area contributed by atoms with Crippen LogP contribution in [0.1, 0.15) is 18.1 Å². The van der Waals surface area contributed by atoms with E-state index < -0.39 is 0 Å². The Bertz CT molecular complexity index is 1400. The molecule has 0 saturated heterocycles. The molecule has 32 heavy (non-hydrogen) atoms. The number of esters is 1. The number of nitrogens with zero attached hydrogens (tertiary/aromatic N) is 1. The fourth-order valence-electron chi connectivity index (χ4n) is 4.09. The second-order valence-electron chi connectivity index (χ2n) is 7.80. The van der Waals surface area contributed by atoms with E-state index in [1.165, 1.54) is 12.3 Å². The van der Waals surface area contributed by atoms with Gasteiger partial charge in [-0.25, -0.2) is 0 Å². The Morgan fingerprint density at radius 2 is 1.47 bits per heavy atom. The lowest BCUT2D eigenvalue weighted by Crippen LogP contribution is -2.03. The maximum absolute atomic E-state index is 11.5. The van der Waals surface area contributed by atoms with Crippen molar-refractivity contribution in [1.82, 2.24) is 4.57 Å². The van der Waals surface area contributed by atoms with Crippen molar-refractivity contribution < 1.29 is 14.3 Å². The number of carbonyl (C=O) groups excluding carboxylic acids is 1. The Labute approximate surface area is 186 Å². The SMILES string of the molecule is CC(=O)Oc1ccc2c3ccccc3n(Cc3cccc(OCc4ccccc4)c3)c2c1. The van der Waals surface area contributed by atoms with Gasteiger partial charge in [-0.05, 0) is 41.5 Å². The standard InChI is InChI=1S/C28H23NO3/c1-20(30)32-24-14-15-26-25-12-5-6-13-27(25)29(28(26)17-24)18-22-10-7-11-23(16-22)31-19-21-8-3-2-4-9-21/h2-17H,18-19H2,1H3. The van der Waals surface area contributed by atoms with Crippen LogP contribution in [0.3, 0.4) is 0 Å². The average Bonchev–Trinajstić information content (AvgIpc) is 3.11. The van der Waals surface area contributed by atoms with Gasteiger partial charge in [0, 0.05) is 35.8 Å². The number of fused-ring (bicyclic) bond motifs is 3. The van der Waals surface area contributed by atoms with Crippen LogP contribution >= 0.6 is 0 Å². The van der Waals surface area contributed by atoms with Gasteiger partial charge in [-0.1, -0.05) is 60.7 Å². The van der Waals surface area contributed by atoms with Crippen molar-refractivity contribution in [2.45, 2.75) is 20.1 Å². The number of para-hydroxylation sites is 1. The molecule has 1 heterocycles. The molecule has 0 unspecified atom stereocenters. The molecule has 0 N–H and O–H groups in total. The van der Waals surface area contributed by atoms with Crippen LogP contribution in [0.4, 0.5) is 0 Å². The van der Waals surface area contributed by atoms with E-state index in [-0.39, 0.29) is 5.97 Å². The van der Waals surface area contributed by atoms with Crippen LogP contribution in [0.15, 0.2) is 97.1 Å². The van der Waals surface area contributed by atoms with Crippen LogP contribution in [0, 0.1) is 0 Å². The van der Waals surface area contributed by atoms with E-state index in [0.29, 0.717) is 18.9 Å². The fourth-order valence-corrected chi connectivity index (χ4v) is 4.09. The molecule has 4 aromatic carbocycles. The summed E-state index contributed by atoms with van der Waals surface area (Å²) in [5.74, 6) is 1.07. The molecule has 158 valence electrons. The van der Waals surface area contributed by atoms with Crippen molar-refractivity contribution in [2.24, 2.45) is 0 Å². The fraction of sp³-hybridized carbons (Fsp3) is 0.107. The molecule has 0 amide bonds. The minimum Gasteiger partial charge on any atom is -0.489 e. The van der Waals surface area contributed by atoms with Gasteiger partial charge in [-0.2, -0.15) is 0 Å². The van der Waals surface area contributed by atoms with E-state index >= 15 is 0 Å². The predicted octanol–water partition coefficient (Wildman–Crippen LogP) is 6.35. The molecule has 4 nitrogen and oxygen atoms in total. The summed E-state index contributed by atoms with van der Waals surface area (Å²) >= 11 is 0. The highest BCUT2D eigenvalue weighted by atomic mass is 16.5. The Morgan fingerprint density at radius 1 is 0.719 bits per heavy atom. The molecule has 1 aromatic heterocycles. The summed E-state index contributed by atoms with van der Waals surface area (Å²) in [6.07, 6.45) is 0. The van der Waals surface area contributed by atoms with Gasteiger partial charge in [0.2, 0.25) is 0 Å². The summed E-state index contributed by atoms with van der Waals surface area (Å²) in [6.45, 7) is 2.63. The molecule has 5 rings (SSSR count). The zero-order valence-electron chi connectivity index (χ0n) is 17.8. The summed E-state index contributed by atoms with van der Waals surface area (Å²) in [6, 6.07) is 32.5. The normalized spacial score (nSPS) is 11.0. The first kappa shape index (κ1) is 19.9. The Morgan fingerprint density at radius 3 is 2.31 bits per heavy atom. The molecule has 0 fully saturated rings. The van der Waals surface area contributed by atoms with Gasteiger partial charge in [-0.3, -0.25) is 4.79 Å². The Balaban J connectivity index is 1.49. The van der Waals surface area contributed by atoms with Crippen LogP contribution in [0.25, 0.3) is 21.8 Å². The van der Waals surface area contributed by atoms with Crippen molar-refractivity contribution >= 4 is 27.8 Å². The molecule has 0 aliphatic rings. The van der Waals surface area contributed by atoms with Crippen LogP contribution in [-0.2, 0) is 17.9 Å². The third-order valence-corrected chi connectivity index (χ3v) is 5.49.